The Hall–Kier alpha value is -2.68. The summed E-state index contributed by atoms with van der Waals surface area (Å²) in [4.78, 5) is 76.5. The van der Waals surface area contributed by atoms with Crippen LogP contribution in [0.2, 0.25) is 0 Å². The molecule has 3 N–H and O–H groups in total. The molecule has 0 rings (SSSR count). The van der Waals surface area contributed by atoms with Crippen molar-refractivity contribution in [3.8, 4) is 0 Å². The number of rotatable bonds is 63. The van der Waals surface area contributed by atoms with E-state index < -0.39 is 59.0 Å². The Morgan fingerprint density at radius 2 is 0.605 bits per heavy atom. The zero-order valence-corrected chi connectivity index (χ0v) is 57.0. The van der Waals surface area contributed by atoms with E-state index in [2.05, 4.69) is 73.2 Å². The molecule has 18 heteroatoms. The van der Waals surface area contributed by atoms with Crippen molar-refractivity contribution < 1.29 is 75.5 Å². The third kappa shape index (κ3) is 68.8. The average molecular weight is 1260 g/mol. The molecule has 0 aliphatic rings. The molecule has 0 aromatic carbocycles. The first-order chi connectivity index (χ1) is 41.6. The highest BCUT2D eigenvalue weighted by Gasteiger charge is 2.25. The number of unbranched alkanes of at least 4 members (excludes halogenated alkanes) is 36. The van der Waals surface area contributed by atoms with Gasteiger partial charge in [-0.1, -0.05) is 263 Å². The van der Waals surface area contributed by atoms with Gasteiger partial charge in [-0.3, -0.25) is 32.7 Å². The van der Waals surface area contributed by atoms with Gasteiger partial charge in [0.15, 0.2) is 12.2 Å². The molecule has 0 saturated carbocycles. The fraction of sp³-hybridized carbons (Fsp3) is 0.853. The van der Waals surface area contributed by atoms with Crippen molar-refractivity contribution in [3.63, 3.8) is 0 Å². The first-order valence-corrected chi connectivity index (χ1v) is 37.5. The van der Waals surface area contributed by atoms with Gasteiger partial charge in [-0.25, -0.2) is 9.13 Å². The molecule has 3 atom stereocenters. The van der Waals surface area contributed by atoms with Crippen molar-refractivity contribution in [2.45, 2.75) is 342 Å². The van der Waals surface area contributed by atoms with Crippen LogP contribution in [0.5, 0.6) is 0 Å². The summed E-state index contributed by atoms with van der Waals surface area (Å²) in [5.74, 6) is -1.72. The first kappa shape index (κ1) is 85.4. The second kappa shape index (κ2) is 65.3. The Balaban J connectivity index is 0. The smallest absolute Gasteiger partial charge is 0.462 e. The molecule has 0 aliphatic heterocycles. The maximum atomic E-state index is 12.4. The van der Waals surface area contributed by atoms with E-state index in [1.165, 1.54) is 148 Å². The van der Waals surface area contributed by atoms with Crippen LogP contribution in [0.1, 0.15) is 329 Å². The van der Waals surface area contributed by atoms with E-state index >= 15 is 0 Å². The number of phosphoric acid groups is 2. The molecular weight excluding hydrogens is 1130 g/mol. The average Bonchev–Trinajstić information content (AvgIpc) is 3.58. The molecule has 506 valence electrons. The second-order valence-corrected chi connectivity index (χ2v) is 25.9. The van der Waals surface area contributed by atoms with E-state index in [0.717, 1.165) is 116 Å². The lowest BCUT2D eigenvalue weighted by Crippen LogP contribution is -2.29. The summed E-state index contributed by atoms with van der Waals surface area (Å²) >= 11 is 0. The molecular formula is C68H128O16P2. The number of allylic oxidation sites excluding steroid dienone is 6. The highest BCUT2D eigenvalue weighted by atomic mass is 31.2. The fourth-order valence-corrected chi connectivity index (χ4v) is 10.2. The van der Waals surface area contributed by atoms with Gasteiger partial charge in [0.2, 0.25) is 0 Å². The lowest BCUT2D eigenvalue weighted by Gasteiger charge is -2.19. The van der Waals surface area contributed by atoms with Crippen LogP contribution in [0.25, 0.3) is 0 Å². The molecule has 0 radical (unpaired) electrons. The van der Waals surface area contributed by atoms with Crippen molar-refractivity contribution in [2.75, 3.05) is 33.5 Å². The minimum atomic E-state index is -4.75. The van der Waals surface area contributed by atoms with Crippen LogP contribution in [-0.4, -0.2) is 84.3 Å². The Bertz CT molecular complexity index is 1730. The summed E-state index contributed by atoms with van der Waals surface area (Å²) in [5.41, 5.74) is 0. The van der Waals surface area contributed by atoms with Crippen molar-refractivity contribution in [2.24, 2.45) is 0 Å². The molecule has 0 amide bonds. The lowest BCUT2D eigenvalue weighted by atomic mass is 10.0. The number of hydrogen-bond donors (Lipinski definition) is 3. The molecule has 86 heavy (non-hydrogen) atoms. The quantitative estimate of drug-likeness (QED) is 0.0169. The summed E-state index contributed by atoms with van der Waals surface area (Å²) in [6.07, 6.45) is 62.0. The van der Waals surface area contributed by atoms with Crippen LogP contribution in [-0.2, 0) is 60.8 Å². The Morgan fingerprint density at radius 3 is 0.942 bits per heavy atom. The predicted molar refractivity (Wildman–Crippen MR) is 350 cm³/mol. The van der Waals surface area contributed by atoms with E-state index in [0.29, 0.717) is 25.7 Å². The zero-order chi connectivity index (χ0) is 63.7. The summed E-state index contributed by atoms with van der Waals surface area (Å²) < 4.78 is 57.8. The highest BCUT2D eigenvalue weighted by molar-refractivity contribution is 7.47. The van der Waals surface area contributed by atoms with E-state index in [1.54, 1.807) is 0 Å². The largest absolute Gasteiger partial charge is 0.472 e. The topological polar surface area (TPSA) is 228 Å². The first-order valence-electron chi connectivity index (χ1n) is 34.5. The van der Waals surface area contributed by atoms with Gasteiger partial charge in [0.05, 0.1) is 13.2 Å². The Labute approximate surface area is 524 Å². The number of ether oxygens (including phenoxy) is 4. The number of hydrogen-bond acceptors (Lipinski definition) is 13. The maximum Gasteiger partial charge on any atom is 0.472 e. The minimum Gasteiger partial charge on any atom is -0.462 e. The summed E-state index contributed by atoms with van der Waals surface area (Å²) in [6.45, 7) is 7.37. The van der Waals surface area contributed by atoms with Gasteiger partial charge in [-0.15, -0.1) is 0 Å². The number of esters is 4. The third-order valence-corrected chi connectivity index (χ3v) is 16.2. The summed E-state index contributed by atoms with van der Waals surface area (Å²) in [5, 5.41) is 0. The van der Waals surface area contributed by atoms with Gasteiger partial charge in [-0.2, -0.15) is 0 Å². The van der Waals surface area contributed by atoms with E-state index in [4.69, 9.17) is 33.3 Å². The van der Waals surface area contributed by atoms with Crippen LogP contribution < -0.4 is 0 Å². The molecule has 1 unspecified atom stereocenters. The van der Waals surface area contributed by atoms with Gasteiger partial charge in [0, 0.05) is 32.8 Å². The highest BCUT2D eigenvalue weighted by Crippen LogP contribution is 2.42. The minimum absolute atomic E-state index is 0.205. The third-order valence-electron chi connectivity index (χ3n) is 14.7. The van der Waals surface area contributed by atoms with Gasteiger partial charge in [0.1, 0.15) is 13.2 Å². The van der Waals surface area contributed by atoms with Crippen molar-refractivity contribution in [3.05, 3.63) is 36.5 Å². The van der Waals surface area contributed by atoms with Crippen molar-refractivity contribution in [1.82, 2.24) is 0 Å². The summed E-state index contributed by atoms with van der Waals surface area (Å²) in [7, 11) is -7.93. The molecule has 0 saturated heterocycles. The molecule has 0 aromatic rings. The Morgan fingerprint density at radius 1 is 0.337 bits per heavy atom. The van der Waals surface area contributed by atoms with E-state index in [9.17, 15) is 33.2 Å². The Kier molecular flexibility index (Phi) is 64.8. The number of carbonyl (C=O) groups is 4. The molecule has 0 bridgehead atoms. The van der Waals surface area contributed by atoms with Crippen LogP contribution in [0.15, 0.2) is 36.5 Å². The molecule has 0 spiro atoms. The standard InChI is InChI=1S/C38H69O8P.C30H59O8P/c1-3-5-7-9-11-13-15-17-19-21-23-25-27-29-31-33-38(40)46-36(35-45-47(41,42)43)34-44-37(39)32-30-28-26-24-22-20-18-16-14-12-10-8-6-4-2;1-4-6-8-10-11-12-13-14-15-16-17-18-19-21-22-24-29(31)36-26-28(27-37-39(33,34)35-3)38-30(32)25-23-20-9-7-5-2/h10-13,16,18,36H,3-9,14-15,17,19-35H2,1-2H3,(H2,41,42,43);28H,4-27H2,1-3H3,(H,33,34)/b12-10+,13-11+,18-16+;/t36-;28-/m11/s1. The van der Waals surface area contributed by atoms with Crippen LogP contribution in [0.4, 0.5) is 0 Å². The van der Waals surface area contributed by atoms with Crippen LogP contribution >= 0.6 is 15.6 Å². The normalized spacial score (nSPS) is 13.2. The number of carbonyl (C=O) groups excluding carboxylic acids is 4. The van der Waals surface area contributed by atoms with Gasteiger partial charge in [0.25, 0.3) is 0 Å². The van der Waals surface area contributed by atoms with E-state index in [1.807, 2.05) is 0 Å². The van der Waals surface area contributed by atoms with Crippen molar-refractivity contribution in [1.29, 1.82) is 0 Å². The lowest BCUT2D eigenvalue weighted by molar-refractivity contribution is -0.161. The summed E-state index contributed by atoms with van der Waals surface area (Å²) in [6, 6.07) is 0. The number of phosphoric ester groups is 2. The van der Waals surface area contributed by atoms with Gasteiger partial charge < -0.3 is 33.6 Å². The SMILES string of the molecule is CCCC/C=C/C/C=C/CCCCCCCC(=O)OC[C@H](COP(=O)(O)O)OC(=O)CCCCCCCCCC/C=C/CCCCC.CCCCCCCCCCCCCCCCCC(=O)OC[C@H](COP(=O)(O)OC)OC(=O)CCCCCCC. The van der Waals surface area contributed by atoms with Gasteiger partial charge in [-0.05, 0) is 77.0 Å². The van der Waals surface area contributed by atoms with Crippen LogP contribution in [0, 0.1) is 0 Å². The molecule has 0 aliphatic carbocycles. The second-order valence-electron chi connectivity index (χ2n) is 23.1. The zero-order valence-electron chi connectivity index (χ0n) is 55.2. The fourth-order valence-electron chi connectivity index (χ4n) is 9.39. The monoisotopic (exact) mass is 1260 g/mol. The van der Waals surface area contributed by atoms with Gasteiger partial charge >= 0.3 is 39.5 Å². The predicted octanol–water partition coefficient (Wildman–Crippen LogP) is 19.8. The molecule has 16 nitrogen and oxygen atoms in total. The van der Waals surface area contributed by atoms with Crippen LogP contribution in [0.3, 0.4) is 0 Å². The van der Waals surface area contributed by atoms with E-state index in [-0.39, 0.29) is 38.4 Å². The molecule has 0 fully saturated rings. The van der Waals surface area contributed by atoms with Crippen molar-refractivity contribution >= 4 is 39.5 Å². The molecule has 0 heterocycles. The molecule has 0 aromatic heterocycles. The maximum absolute atomic E-state index is 12.4.